The molecule has 3 unspecified atom stereocenters. The summed E-state index contributed by atoms with van der Waals surface area (Å²) in [5.74, 6) is -0.157. The van der Waals surface area contributed by atoms with Crippen molar-refractivity contribution in [1.29, 1.82) is 0 Å². The van der Waals surface area contributed by atoms with Crippen LogP contribution in [-0.2, 0) is 4.79 Å². The molecular weight excluding hydrogens is 763 g/mol. The minimum Gasteiger partial charge on any atom is -0.394 e. The second kappa shape index (κ2) is 52.2. The number of amides is 1. The highest BCUT2D eigenvalue weighted by molar-refractivity contribution is 5.76. The molecule has 4 N–H and O–H groups in total. The summed E-state index contributed by atoms with van der Waals surface area (Å²) < 4.78 is 0. The molecule has 0 aliphatic heterocycles. The highest BCUT2D eigenvalue weighted by Crippen LogP contribution is 2.17. The summed E-state index contributed by atoms with van der Waals surface area (Å²) in [6.45, 7) is 4.19. The Morgan fingerprint density at radius 1 is 0.387 bits per heavy atom. The molecule has 5 heteroatoms. The molecule has 5 nitrogen and oxygen atoms in total. The van der Waals surface area contributed by atoms with Gasteiger partial charge in [-0.15, -0.1) is 0 Å². The SMILES string of the molecule is CCCCCCCCCCCCCC/C=C\CCCCCCCCCCCCC(=O)NC(CO)C(O)C(O)CCC/C=C/CC/C=C/CCCCCCCCCCCCCCC. The molecule has 0 saturated heterocycles. The fraction of sp³-hybridized carbons (Fsp3) is 0.877. The van der Waals surface area contributed by atoms with Gasteiger partial charge in [-0.3, -0.25) is 4.79 Å². The fourth-order valence-electron chi connectivity index (χ4n) is 8.65. The van der Waals surface area contributed by atoms with Gasteiger partial charge >= 0.3 is 0 Å². The van der Waals surface area contributed by atoms with E-state index in [4.69, 9.17) is 0 Å². The molecule has 0 spiro atoms. The Balaban J connectivity index is 3.60. The topological polar surface area (TPSA) is 89.8 Å². The van der Waals surface area contributed by atoms with Crippen LogP contribution in [0.3, 0.4) is 0 Å². The summed E-state index contributed by atoms with van der Waals surface area (Å²) in [6.07, 6.45) is 67.2. The van der Waals surface area contributed by atoms with Gasteiger partial charge in [0.05, 0.1) is 18.8 Å². The maximum atomic E-state index is 12.5. The van der Waals surface area contributed by atoms with Crippen molar-refractivity contribution in [1.82, 2.24) is 5.32 Å². The van der Waals surface area contributed by atoms with Gasteiger partial charge in [-0.2, -0.15) is 0 Å². The van der Waals surface area contributed by atoms with E-state index in [1.807, 2.05) is 0 Å². The molecule has 0 aliphatic rings. The van der Waals surface area contributed by atoms with Crippen LogP contribution in [0.15, 0.2) is 36.5 Å². The Hall–Kier alpha value is -1.43. The zero-order chi connectivity index (χ0) is 45.1. The lowest BCUT2D eigenvalue weighted by molar-refractivity contribution is -0.124. The molecule has 0 aromatic heterocycles. The first-order chi connectivity index (χ1) is 30.6. The first-order valence-corrected chi connectivity index (χ1v) is 27.8. The van der Waals surface area contributed by atoms with Crippen molar-refractivity contribution in [3.05, 3.63) is 36.5 Å². The number of aliphatic hydroxyl groups excluding tert-OH is 3. The van der Waals surface area contributed by atoms with Gasteiger partial charge in [-0.05, 0) is 77.0 Å². The van der Waals surface area contributed by atoms with Gasteiger partial charge in [0.1, 0.15) is 6.10 Å². The highest BCUT2D eigenvalue weighted by Gasteiger charge is 2.26. The number of carbonyl (C=O) groups excluding carboxylic acids is 1. The van der Waals surface area contributed by atoms with Crippen LogP contribution in [0.2, 0.25) is 0 Å². The van der Waals surface area contributed by atoms with Gasteiger partial charge in [-0.1, -0.05) is 249 Å². The monoisotopic (exact) mass is 872 g/mol. The van der Waals surface area contributed by atoms with Crippen LogP contribution in [-0.4, -0.2) is 46.1 Å². The summed E-state index contributed by atoms with van der Waals surface area (Å²) in [4.78, 5) is 12.5. The van der Waals surface area contributed by atoms with E-state index in [0.717, 1.165) is 44.9 Å². The van der Waals surface area contributed by atoms with Crippen molar-refractivity contribution in [2.24, 2.45) is 0 Å². The zero-order valence-corrected chi connectivity index (χ0v) is 41.8. The van der Waals surface area contributed by atoms with E-state index in [-0.39, 0.29) is 12.5 Å². The maximum absolute atomic E-state index is 12.5. The Morgan fingerprint density at radius 2 is 0.661 bits per heavy atom. The van der Waals surface area contributed by atoms with Crippen molar-refractivity contribution in [3.8, 4) is 0 Å². The van der Waals surface area contributed by atoms with Gasteiger partial charge in [-0.25, -0.2) is 0 Å². The van der Waals surface area contributed by atoms with Gasteiger partial charge < -0.3 is 20.6 Å². The molecule has 1 amide bonds. The zero-order valence-electron chi connectivity index (χ0n) is 41.8. The molecular formula is C57H109NO4. The number of aliphatic hydroxyl groups is 3. The van der Waals surface area contributed by atoms with Crippen molar-refractivity contribution in [2.45, 2.75) is 315 Å². The van der Waals surface area contributed by atoms with Gasteiger partial charge in [0.25, 0.3) is 0 Å². The number of allylic oxidation sites excluding steroid dienone is 6. The number of nitrogens with one attached hydrogen (secondary N) is 1. The van der Waals surface area contributed by atoms with Crippen LogP contribution in [0.1, 0.15) is 296 Å². The first kappa shape index (κ1) is 60.6. The third-order valence-electron chi connectivity index (χ3n) is 12.9. The molecule has 0 aliphatic carbocycles. The van der Waals surface area contributed by atoms with E-state index < -0.39 is 18.2 Å². The summed E-state index contributed by atoms with van der Waals surface area (Å²) >= 11 is 0. The second-order valence-corrected chi connectivity index (χ2v) is 19.1. The quantitative estimate of drug-likeness (QED) is 0.0362. The summed E-state index contributed by atoms with van der Waals surface area (Å²) in [7, 11) is 0. The number of carbonyl (C=O) groups is 1. The number of hydrogen-bond acceptors (Lipinski definition) is 4. The van der Waals surface area contributed by atoms with Gasteiger partial charge in [0.15, 0.2) is 0 Å². The lowest BCUT2D eigenvalue weighted by atomic mass is 10.0. The number of hydrogen-bond donors (Lipinski definition) is 4. The Morgan fingerprint density at radius 3 is 0.984 bits per heavy atom. The molecule has 62 heavy (non-hydrogen) atoms. The van der Waals surface area contributed by atoms with E-state index in [9.17, 15) is 20.1 Å². The van der Waals surface area contributed by atoms with E-state index in [2.05, 4.69) is 55.6 Å². The van der Waals surface area contributed by atoms with Gasteiger partial charge in [0.2, 0.25) is 5.91 Å². The van der Waals surface area contributed by atoms with E-state index in [1.165, 1.54) is 225 Å². The van der Waals surface area contributed by atoms with E-state index in [1.54, 1.807) is 0 Å². The molecule has 0 aromatic carbocycles. The summed E-state index contributed by atoms with van der Waals surface area (Å²) in [5.41, 5.74) is 0. The van der Waals surface area contributed by atoms with Crippen LogP contribution in [0.4, 0.5) is 0 Å². The Bertz CT molecular complexity index is 962. The van der Waals surface area contributed by atoms with E-state index >= 15 is 0 Å². The molecule has 0 fully saturated rings. The third kappa shape index (κ3) is 46.6. The highest BCUT2D eigenvalue weighted by atomic mass is 16.3. The number of unbranched alkanes of at least 4 members (excludes halogenated alkanes) is 37. The lowest BCUT2D eigenvalue weighted by Crippen LogP contribution is -2.50. The smallest absolute Gasteiger partial charge is 0.220 e. The largest absolute Gasteiger partial charge is 0.394 e. The average Bonchev–Trinajstić information content (AvgIpc) is 3.28. The summed E-state index contributed by atoms with van der Waals surface area (Å²) in [5, 5.41) is 33.7. The molecule has 0 radical (unpaired) electrons. The van der Waals surface area contributed by atoms with E-state index in [0.29, 0.717) is 12.8 Å². The van der Waals surface area contributed by atoms with Crippen molar-refractivity contribution < 1.29 is 20.1 Å². The molecule has 3 atom stereocenters. The van der Waals surface area contributed by atoms with Crippen molar-refractivity contribution in [3.63, 3.8) is 0 Å². The third-order valence-corrected chi connectivity index (χ3v) is 12.9. The van der Waals surface area contributed by atoms with Gasteiger partial charge in [0, 0.05) is 6.42 Å². The first-order valence-electron chi connectivity index (χ1n) is 27.8. The fourth-order valence-corrected chi connectivity index (χ4v) is 8.65. The molecule has 0 bridgehead atoms. The van der Waals surface area contributed by atoms with Crippen LogP contribution in [0.5, 0.6) is 0 Å². The maximum Gasteiger partial charge on any atom is 0.220 e. The molecule has 0 saturated carbocycles. The average molecular weight is 873 g/mol. The van der Waals surface area contributed by atoms with Crippen LogP contribution in [0, 0.1) is 0 Å². The molecule has 0 heterocycles. The minimum absolute atomic E-state index is 0.157. The minimum atomic E-state index is -1.17. The van der Waals surface area contributed by atoms with Crippen LogP contribution in [0.25, 0.3) is 0 Å². The molecule has 366 valence electrons. The second-order valence-electron chi connectivity index (χ2n) is 19.1. The molecule has 0 aromatic rings. The normalized spacial score (nSPS) is 13.6. The standard InChI is InChI=1S/C57H109NO4/c1-3-5-7-9-11-13-15-17-19-21-23-25-27-28-29-30-32-34-36-38-40-42-44-46-48-50-52-56(61)58-54(53-59)57(62)55(60)51-49-47-45-43-41-39-37-35-33-31-26-24-22-20-18-16-14-12-10-8-6-4-2/h28-29,35,37,43,45,54-55,57,59-60,62H,3-27,30-34,36,38-42,44,46-53H2,1-2H3,(H,58,61)/b29-28-,37-35+,45-43+. The molecule has 0 rings (SSSR count). The van der Waals surface area contributed by atoms with Crippen LogP contribution < -0.4 is 5.32 Å². The lowest BCUT2D eigenvalue weighted by Gasteiger charge is -2.26. The Kier molecular flexibility index (Phi) is 51.0. The van der Waals surface area contributed by atoms with Crippen LogP contribution >= 0.6 is 0 Å². The Labute approximate surface area is 387 Å². The van der Waals surface area contributed by atoms with Crippen molar-refractivity contribution in [2.75, 3.05) is 6.61 Å². The predicted molar refractivity (Wildman–Crippen MR) is 273 cm³/mol. The summed E-state index contributed by atoms with van der Waals surface area (Å²) in [6, 6.07) is -0.834. The number of rotatable bonds is 51. The van der Waals surface area contributed by atoms with Crippen molar-refractivity contribution >= 4 is 5.91 Å². The predicted octanol–water partition coefficient (Wildman–Crippen LogP) is 17.1.